The van der Waals surface area contributed by atoms with E-state index in [4.69, 9.17) is 9.47 Å². The van der Waals surface area contributed by atoms with Crippen LogP contribution in [0.3, 0.4) is 0 Å². The van der Waals surface area contributed by atoms with Crippen molar-refractivity contribution in [3.63, 3.8) is 0 Å². The topological polar surface area (TPSA) is 43.4 Å². The van der Waals surface area contributed by atoms with Crippen LogP contribution < -0.4 is 10.1 Å². The third kappa shape index (κ3) is 8.44. The van der Waals surface area contributed by atoms with Gasteiger partial charge in [-0.3, -0.25) is 4.98 Å². The fraction of sp³-hybridized carbons (Fsp3) is 0.522. The van der Waals surface area contributed by atoms with E-state index in [1.165, 1.54) is 0 Å². The van der Waals surface area contributed by atoms with Gasteiger partial charge in [0.25, 0.3) is 0 Å². The summed E-state index contributed by atoms with van der Waals surface area (Å²) in [7, 11) is 0. The van der Waals surface area contributed by atoms with Crippen molar-refractivity contribution in [2.45, 2.75) is 53.5 Å². The van der Waals surface area contributed by atoms with Gasteiger partial charge in [-0.25, -0.2) is 0 Å². The molecule has 0 fully saturated rings. The molecule has 0 amide bonds. The van der Waals surface area contributed by atoms with Crippen molar-refractivity contribution in [2.24, 2.45) is 5.41 Å². The van der Waals surface area contributed by atoms with Crippen molar-refractivity contribution in [3.8, 4) is 17.0 Å². The molecule has 1 aromatic carbocycles. The lowest BCUT2D eigenvalue weighted by Gasteiger charge is -2.21. The van der Waals surface area contributed by atoms with Crippen LogP contribution in [-0.4, -0.2) is 30.3 Å². The van der Waals surface area contributed by atoms with Crippen LogP contribution in [0.25, 0.3) is 11.3 Å². The van der Waals surface area contributed by atoms with Crippen LogP contribution in [0.1, 0.15) is 48.0 Å². The second kappa shape index (κ2) is 9.23. The number of aromatic nitrogens is 1. The zero-order chi connectivity index (χ0) is 19.9. The van der Waals surface area contributed by atoms with Gasteiger partial charge >= 0.3 is 0 Å². The molecular weight excluding hydrogens is 336 g/mol. The van der Waals surface area contributed by atoms with Crippen LogP contribution in [0.15, 0.2) is 42.6 Å². The van der Waals surface area contributed by atoms with Gasteiger partial charge in [-0.15, -0.1) is 0 Å². The summed E-state index contributed by atoms with van der Waals surface area (Å²) in [5.74, 6) is 0.876. The fourth-order valence-corrected chi connectivity index (χ4v) is 2.52. The minimum absolute atomic E-state index is 0.0277. The van der Waals surface area contributed by atoms with Crippen LogP contribution in [-0.2, 0) is 4.74 Å². The van der Waals surface area contributed by atoms with Gasteiger partial charge in [-0.05, 0) is 62.6 Å². The van der Waals surface area contributed by atoms with Crippen LogP contribution >= 0.6 is 0 Å². The molecule has 2 rings (SSSR count). The van der Waals surface area contributed by atoms with E-state index >= 15 is 0 Å². The van der Waals surface area contributed by atoms with Gasteiger partial charge in [0.15, 0.2) is 0 Å². The molecule has 0 saturated carbocycles. The number of anilines is 1. The normalized spacial score (nSPS) is 12.1. The number of hydrogen-bond acceptors (Lipinski definition) is 4. The second-order valence-electron chi connectivity index (χ2n) is 9.15. The molecule has 27 heavy (non-hydrogen) atoms. The van der Waals surface area contributed by atoms with E-state index in [0.29, 0.717) is 6.61 Å². The van der Waals surface area contributed by atoms with Gasteiger partial charge in [0.1, 0.15) is 5.75 Å². The number of hydrogen-bond donors (Lipinski definition) is 1. The standard InChI is InChI=1S/C23H34N2O2/c1-22(2,3)17-26-14-7-15-27-20-11-8-18(9-12-20)21-13-10-19(16-24-21)25-23(4,5)6/h8-13,16,25H,7,14-15,17H2,1-6H3. The van der Waals surface area contributed by atoms with Crippen molar-refractivity contribution in [1.29, 1.82) is 0 Å². The molecule has 0 bridgehead atoms. The van der Waals surface area contributed by atoms with Gasteiger partial charge in [0.05, 0.1) is 30.8 Å². The third-order valence-corrected chi connectivity index (χ3v) is 3.67. The summed E-state index contributed by atoms with van der Waals surface area (Å²) in [6.07, 6.45) is 2.77. The first-order chi connectivity index (χ1) is 12.6. The average Bonchev–Trinajstić information content (AvgIpc) is 2.57. The Kier molecular flexibility index (Phi) is 7.25. The Morgan fingerprint density at radius 3 is 2.15 bits per heavy atom. The van der Waals surface area contributed by atoms with Gasteiger partial charge < -0.3 is 14.8 Å². The number of ether oxygens (including phenoxy) is 2. The van der Waals surface area contributed by atoms with E-state index in [1.807, 2.05) is 36.5 Å². The van der Waals surface area contributed by atoms with Crippen LogP contribution in [0.5, 0.6) is 5.75 Å². The molecule has 0 aliphatic heterocycles. The van der Waals surface area contributed by atoms with E-state index in [1.54, 1.807) is 0 Å². The van der Waals surface area contributed by atoms with E-state index in [2.05, 4.69) is 57.9 Å². The lowest BCUT2D eigenvalue weighted by atomic mass is 9.99. The SMILES string of the molecule is CC(C)(C)COCCCOc1ccc(-c2ccc(NC(C)(C)C)cn2)cc1. The van der Waals surface area contributed by atoms with Crippen LogP contribution in [0, 0.1) is 5.41 Å². The maximum Gasteiger partial charge on any atom is 0.119 e. The highest BCUT2D eigenvalue weighted by Crippen LogP contribution is 2.23. The Morgan fingerprint density at radius 2 is 1.59 bits per heavy atom. The maximum absolute atomic E-state index is 5.79. The molecule has 0 spiro atoms. The lowest BCUT2D eigenvalue weighted by molar-refractivity contribution is 0.0634. The van der Waals surface area contributed by atoms with Crippen molar-refractivity contribution in [2.75, 3.05) is 25.1 Å². The van der Waals surface area contributed by atoms with Crippen molar-refractivity contribution < 1.29 is 9.47 Å². The molecule has 1 heterocycles. The zero-order valence-electron chi connectivity index (χ0n) is 17.6. The lowest BCUT2D eigenvalue weighted by Crippen LogP contribution is -2.26. The maximum atomic E-state index is 5.79. The van der Waals surface area contributed by atoms with Crippen LogP contribution in [0.2, 0.25) is 0 Å². The molecule has 1 aromatic heterocycles. The molecule has 0 radical (unpaired) electrons. The first-order valence-electron chi connectivity index (χ1n) is 9.68. The highest BCUT2D eigenvalue weighted by molar-refractivity contribution is 5.62. The molecule has 0 aliphatic carbocycles. The Labute approximate surface area is 164 Å². The Bertz CT molecular complexity index is 680. The van der Waals surface area contributed by atoms with Crippen LogP contribution in [0.4, 0.5) is 5.69 Å². The molecule has 148 valence electrons. The first-order valence-corrected chi connectivity index (χ1v) is 9.68. The molecule has 4 heteroatoms. The zero-order valence-corrected chi connectivity index (χ0v) is 17.6. The van der Waals surface area contributed by atoms with E-state index in [9.17, 15) is 0 Å². The van der Waals surface area contributed by atoms with Gasteiger partial charge in [0.2, 0.25) is 0 Å². The predicted molar refractivity (Wildman–Crippen MR) is 113 cm³/mol. The fourth-order valence-electron chi connectivity index (χ4n) is 2.52. The summed E-state index contributed by atoms with van der Waals surface area (Å²) < 4.78 is 11.5. The van der Waals surface area contributed by atoms with Gasteiger partial charge in [-0.1, -0.05) is 20.8 Å². The Hall–Kier alpha value is -2.07. The van der Waals surface area contributed by atoms with E-state index in [-0.39, 0.29) is 11.0 Å². The molecule has 0 unspecified atom stereocenters. The number of pyridine rings is 1. The quantitative estimate of drug-likeness (QED) is 0.597. The molecule has 2 aromatic rings. The third-order valence-electron chi connectivity index (χ3n) is 3.67. The summed E-state index contributed by atoms with van der Waals surface area (Å²) >= 11 is 0. The number of benzene rings is 1. The van der Waals surface area contributed by atoms with Gasteiger partial charge in [0, 0.05) is 24.1 Å². The molecule has 0 aliphatic rings. The average molecular weight is 371 g/mol. The molecule has 4 nitrogen and oxygen atoms in total. The summed E-state index contributed by atoms with van der Waals surface area (Å²) in [5.41, 5.74) is 3.31. The number of nitrogens with one attached hydrogen (secondary N) is 1. The van der Waals surface area contributed by atoms with E-state index < -0.39 is 0 Å². The first kappa shape index (κ1) is 21.2. The minimum atomic E-state index is 0.0277. The Morgan fingerprint density at radius 1 is 0.889 bits per heavy atom. The number of nitrogens with zero attached hydrogens (tertiary/aromatic N) is 1. The predicted octanol–water partition coefficient (Wildman–Crippen LogP) is 5.79. The molecule has 0 saturated heterocycles. The molecular formula is C23H34N2O2. The van der Waals surface area contributed by atoms with Crippen molar-refractivity contribution >= 4 is 5.69 Å². The summed E-state index contributed by atoms with van der Waals surface area (Å²) in [5, 5.41) is 3.42. The highest BCUT2D eigenvalue weighted by Gasteiger charge is 2.10. The molecule has 1 N–H and O–H groups in total. The monoisotopic (exact) mass is 370 g/mol. The summed E-state index contributed by atoms with van der Waals surface area (Å²) in [6.45, 7) is 15.1. The largest absolute Gasteiger partial charge is 0.494 e. The minimum Gasteiger partial charge on any atom is -0.494 e. The van der Waals surface area contributed by atoms with E-state index in [0.717, 1.165) is 42.3 Å². The highest BCUT2D eigenvalue weighted by atomic mass is 16.5. The van der Waals surface area contributed by atoms with Crippen molar-refractivity contribution in [1.82, 2.24) is 4.98 Å². The van der Waals surface area contributed by atoms with Gasteiger partial charge in [-0.2, -0.15) is 0 Å². The smallest absolute Gasteiger partial charge is 0.119 e. The Balaban J connectivity index is 1.79. The molecule has 0 atom stereocenters. The summed E-state index contributed by atoms with van der Waals surface area (Å²) in [6, 6.07) is 12.2. The van der Waals surface area contributed by atoms with Crippen molar-refractivity contribution in [3.05, 3.63) is 42.6 Å². The summed E-state index contributed by atoms with van der Waals surface area (Å²) in [4.78, 5) is 4.56. The second-order valence-corrected chi connectivity index (χ2v) is 9.15. The number of rotatable bonds is 8.